The van der Waals surface area contributed by atoms with E-state index in [2.05, 4.69) is 18.8 Å². The Balaban J connectivity index is 1.50. The van der Waals surface area contributed by atoms with Crippen molar-refractivity contribution < 1.29 is 23.9 Å². The van der Waals surface area contributed by atoms with Gasteiger partial charge in [-0.15, -0.1) is 0 Å². The number of nitro groups is 1. The molecule has 0 N–H and O–H groups in total. The van der Waals surface area contributed by atoms with Crippen molar-refractivity contribution in [2.24, 2.45) is 4.99 Å². The maximum absolute atomic E-state index is 14.0. The maximum atomic E-state index is 14.0. The number of hydrogen-bond donors (Lipinski definition) is 0. The Labute approximate surface area is 263 Å². The average Bonchev–Trinajstić information content (AvgIpc) is 3.33. The van der Waals surface area contributed by atoms with Gasteiger partial charge in [-0.3, -0.25) is 19.5 Å². The third-order valence-electron chi connectivity index (χ3n) is 7.46. The lowest BCUT2D eigenvalue weighted by Crippen LogP contribution is -2.39. The minimum Gasteiger partial charge on any atom is -0.493 e. The summed E-state index contributed by atoms with van der Waals surface area (Å²) in [5, 5.41) is 10.9. The zero-order chi connectivity index (χ0) is 32.2. The van der Waals surface area contributed by atoms with Crippen LogP contribution in [0.2, 0.25) is 0 Å². The Hall–Kier alpha value is -5.03. The summed E-state index contributed by atoms with van der Waals surface area (Å²) in [6, 6.07) is 18.7. The number of hydrogen-bond acceptors (Lipinski definition) is 9. The van der Waals surface area contributed by atoms with Gasteiger partial charge in [0.1, 0.15) is 6.61 Å². The fourth-order valence-corrected chi connectivity index (χ4v) is 6.14. The first kappa shape index (κ1) is 31.4. The predicted octanol–water partition coefficient (Wildman–Crippen LogP) is 5.42. The molecular weight excluding hydrogens is 594 g/mol. The smallest absolute Gasteiger partial charge is 0.338 e. The Kier molecular flexibility index (Phi) is 9.29. The lowest BCUT2D eigenvalue weighted by atomic mass is 9.93. The molecule has 5 rings (SSSR count). The van der Waals surface area contributed by atoms with Gasteiger partial charge in [-0.2, -0.15) is 0 Å². The van der Waals surface area contributed by atoms with Crippen LogP contribution in [-0.2, 0) is 16.1 Å². The number of ether oxygens (including phenoxy) is 3. The molecule has 10 nitrogen and oxygen atoms in total. The van der Waals surface area contributed by atoms with Crippen LogP contribution in [0, 0.1) is 10.1 Å². The first-order valence-corrected chi connectivity index (χ1v) is 15.3. The zero-order valence-corrected chi connectivity index (χ0v) is 26.4. The van der Waals surface area contributed by atoms with E-state index in [1.54, 1.807) is 48.8 Å². The van der Waals surface area contributed by atoms with Gasteiger partial charge in [0.15, 0.2) is 16.3 Å². The van der Waals surface area contributed by atoms with E-state index in [9.17, 15) is 19.7 Å². The molecule has 0 saturated heterocycles. The first-order chi connectivity index (χ1) is 21.6. The lowest BCUT2D eigenvalue weighted by Gasteiger charge is -2.25. The number of nitro benzene ring substituents is 1. The van der Waals surface area contributed by atoms with Gasteiger partial charge in [-0.05, 0) is 72.4 Å². The van der Waals surface area contributed by atoms with E-state index in [1.165, 1.54) is 30.6 Å². The molecule has 1 aliphatic rings. The number of nitrogens with zero attached hydrogens (tertiary/aromatic N) is 3. The number of fused-ring (bicyclic) bond motifs is 1. The van der Waals surface area contributed by atoms with Crippen LogP contribution in [0.25, 0.3) is 6.08 Å². The summed E-state index contributed by atoms with van der Waals surface area (Å²) < 4.78 is 18.9. The van der Waals surface area contributed by atoms with E-state index >= 15 is 0 Å². The van der Waals surface area contributed by atoms with E-state index < -0.39 is 16.9 Å². The van der Waals surface area contributed by atoms with Crippen molar-refractivity contribution in [1.29, 1.82) is 0 Å². The monoisotopic (exact) mass is 627 g/mol. The summed E-state index contributed by atoms with van der Waals surface area (Å²) in [5.41, 5.74) is 3.99. The van der Waals surface area contributed by atoms with Gasteiger partial charge in [0.25, 0.3) is 11.2 Å². The largest absolute Gasteiger partial charge is 0.493 e. The van der Waals surface area contributed by atoms with Crippen LogP contribution < -0.4 is 24.4 Å². The minimum atomic E-state index is -0.687. The number of allylic oxidation sites excluding steroid dienone is 1. The Morgan fingerprint density at radius 3 is 2.42 bits per heavy atom. The summed E-state index contributed by atoms with van der Waals surface area (Å²) in [6.07, 6.45) is 1.76. The second-order valence-corrected chi connectivity index (χ2v) is 11.8. The molecule has 0 amide bonds. The number of carbonyl (C=O) groups excluding carboxylic acids is 1. The third kappa shape index (κ3) is 6.58. The van der Waals surface area contributed by atoms with Crippen molar-refractivity contribution in [2.75, 3.05) is 13.7 Å². The van der Waals surface area contributed by atoms with Crippen LogP contribution in [-0.4, -0.2) is 29.2 Å². The molecule has 0 fully saturated rings. The fourth-order valence-electron chi connectivity index (χ4n) is 5.09. The summed E-state index contributed by atoms with van der Waals surface area (Å²) in [7, 11) is 1.52. The maximum Gasteiger partial charge on any atom is 0.338 e. The number of non-ortho nitro benzene ring substituents is 1. The van der Waals surface area contributed by atoms with E-state index in [4.69, 9.17) is 14.2 Å². The van der Waals surface area contributed by atoms with Gasteiger partial charge in [0.05, 0.1) is 40.5 Å². The van der Waals surface area contributed by atoms with Gasteiger partial charge < -0.3 is 14.2 Å². The van der Waals surface area contributed by atoms with Crippen molar-refractivity contribution in [2.45, 2.75) is 46.3 Å². The molecule has 0 spiro atoms. The van der Waals surface area contributed by atoms with Gasteiger partial charge in [-0.1, -0.05) is 55.5 Å². The predicted molar refractivity (Wildman–Crippen MR) is 171 cm³/mol. The molecule has 1 aliphatic heterocycles. The fraction of sp³-hybridized carbons (Fsp3) is 0.265. The highest BCUT2D eigenvalue weighted by Crippen LogP contribution is 2.32. The van der Waals surface area contributed by atoms with Crippen molar-refractivity contribution in [1.82, 2.24) is 4.57 Å². The standard InChI is InChI=1S/C34H33N3O7S/c1-6-43-33(39)30-21(4)35-34-36(31(30)25-12-10-24(11-13-25)20(2)3)32(38)29(45-34)18-23-9-16-27(28(17-23)42-5)44-19-22-7-14-26(15-8-22)37(40)41/h7-18,20,31H,6,19H2,1-5H3/b29-18-/t31-/m1/s1. The average molecular weight is 628 g/mol. The minimum absolute atomic E-state index is 0.00796. The normalized spacial score (nSPS) is 14.6. The van der Waals surface area contributed by atoms with Crippen LogP contribution >= 0.6 is 11.3 Å². The number of aromatic nitrogens is 1. The van der Waals surface area contributed by atoms with Crippen molar-refractivity contribution in [3.8, 4) is 11.5 Å². The lowest BCUT2D eigenvalue weighted by molar-refractivity contribution is -0.384. The molecule has 1 aromatic heterocycles. The summed E-state index contributed by atoms with van der Waals surface area (Å²) in [6.45, 7) is 8.12. The third-order valence-corrected chi connectivity index (χ3v) is 8.45. The number of rotatable bonds is 10. The highest BCUT2D eigenvalue weighted by Gasteiger charge is 2.33. The molecule has 45 heavy (non-hydrogen) atoms. The molecular formula is C34H33N3O7S. The molecule has 2 heterocycles. The van der Waals surface area contributed by atoms with Crippen molar-refractivity contribution >= 4 is 29.1 Å². The van der Waals surface area contributed by atoms with Crippen LogP contribution in [0.3, 0.4) is 0 Å². The van der Waals surface area contributed by atoms with Crippen molar-refractivity contribution in [3.63, 3.8) is 0 Å². The summed E-state index contributed by atoms with van der Waals surface area (Å²) >= 11 is 1.24. The zero-order valence-electron chi connectivity index (χ0n) is 25.6. The van der Waals surface area contributed by atoms with E-state index in [-0.39, 0.29) is 24.5 Å². The van der Waals surface area contributed by atoms with E-state index in [0.717, 1.165) is 16.7 Å². The molecule has 3 aromatic carbocycles. The number of benzene rings is 3. The van der Waals surface area contributed by atoms with Gasteiger partial charge in [-0.25, -0.2) is 9.79 Å². The van der Waals surface area contributed by atoms with Gasteiger partial charge in [0, 0.05) is 12.1 Å². The van der Waals surface area contributed by atoms with E-state index in [1.807, 2.05) is 30.3 Å². The van der Waals surface area contributed by atoms with Crippen LogP contribution in [0.4, 0.5) is 5.69 Å². The van der Waals surface area contributed by atoms with E-state index in [0.29, 0.717) is 43.6 Å². The Morgan fingerprint density at radius 1 is 1.09 bits per heavy atom. The topological polar surface area (TPSA) is 122 Å². The van der Waals surface area contributed by atoms with Gasteiger partial charge in [0.2, 0.25) is 0 Å². The molecule has 1 atom stereocenters. The molecule has 4 aromatic rings. The quantitative estimate of drug-likeness (QED) is 0.131. The van der Waals surface area contributed by atoms with Crippen LogP contribution in [0.1, 0.15) is 61.9 Å². The molecule has 0 bridgehead atoms. The van der Waals surface area contributed by atoms with Crippen molar-refractivity contribution in [3.05, 3.63) is 130 Å². The second kappa shape index (κ2) is 13.3. The second-order valence-electron chi connectivity index (χ2n) is 10.7. The number of thiazole rings is 1. The van der Waals surface area contributed by atoms with Crippen LogP contribution in [0.15, 0.2) is 87.8 Å². The summed E-state index contributed by atoms with van der Waals surface area (Å²) in [4.78, 5) is 42.7. The highest BCUT2D eigenvalue weighted by atomic mass is 32.1. The molecule has 232 valence electrons. The molecule has 0 saturated carbocycles. The SMILES string of the molecule is CCOC(=O)C1=C(C)N=c2s/c(=C\c3ccc(OCc4ccc([N+](=O)[O-])cc4)c(OC)c3)c(=O)n2[C@@H]1c1ccc(C(C)C)cc1. The molecule has 0 aliphatic carbocycles. The number of esters is 1. The first-order valence-electron chi connectivity index (χ1n) is 14.4. The molecule has 0 radical (unpaired) electrons. The Bertz CT molecular complexity index is 1960. The highest BCUT2D eigenvalue weighted by molar-refractivity contribution is 7.07. The number of methoxy groups -OCH3 is 1. The number of carbonyl (C=O) groups is 1. The Morgan fingerprint density at radius 2 is 1.80 bits per heavy atom. The van der Waals surface area contributed by atoms with Gasteiger partial charge >= 0.3 is 5.97 Å². The molecule has 11 heteroatoms. The molecule has 0 unspecified atom stereocenters. The van der Waals surface area contributed by atoms with Crippen LogP contribution in [0.5, 0.6) is 11.5 Å². The summed E-state index contributed by atoms with van der Waals surface area (Å²) in [5.74, 6) is 0.773.